The summed E-state index contributed by atoms with van der Waals surface area (Å²) in [5, 5.41) is 0. The van der Waals surface area contributed by atoms with Gasteiger partial charge in [0.05, 0.1) is 4.99 Å². The smallest absolute Gasteiger partial charge is 0.0865 e. The Hall–Kier alpha value is -1.32. The van der Waals surface area contributed by atoms with Crippen molar-refractivity contribution in [3.63, 3.8) is 0 Å². The summed E-state index contributed by atoms with van der Waals surface area (Å²) in [7, 11) is 2.07. The van der Waals surface area contributed by atoms with Crippen LogP contribution in [0.5, 0.6) is 0 Å². The third-order valence-corrected chi connectivity index (χ3v) is 7.08. The molecule has 0 unspecified atom stereocenters. The molecular formula is C27H39NS2. The fraction of sp³-hybridized carbons (Fsp3) is 0.519. The number of anilines is 1. The molecule has 0 aromatic heterocycles. The average molecular weight is 442 g/mol. The van der Waals surface area contributed by atoms with Crippen molar-refractivity contribution >= 4 is 34.7 Å². The number of thiocarbonyl (C=S) groups is 1. The fourth-order valence-electron chi connectivity index (χ4n) is 3.58. The number of benzene rings is 2. The summed E-state index contributed by atoms with van der Waals surface area (Å²) in [6.45, 7) is 2.29. The van der Waals surface area contributed by atoms with E-state index in [1.165, 1.54) is 86.1 Å². The van der Waals surface area contributed by atoms with Gasteiger partial charge in [-0.3, -0.25) is 0 Å². The second-order valence-electron chi connectivity index (χ2n) is 8.14. The summed E-state index contributed by atoms with van der Waals surface area (Å²) in [5.41, 5.74) is 2.43. The van der Waals surface area contributed by atoms with Crippen molar-refractivity contribution in [2.24, 2.45) is 0 Å². The van der Waals surface area contributed by atoms with Crippen molar-refractivity contribution in [1.82, 2.24) is 0 Å². The first-order valence-electron chi connectivity index (χ1n) is 11.7. The van der Waals surface area contributed by atoms with Crippen LogP contribution in [-0.2, 0) is 6.42 Å². The largest absolute Gasteiger partial charge is 0.339 e. The van der Waals surface area contributed by atoms with E-state index < -0.39 is 0 Å². The number of unbranched alkanes of at least 4 members (excludes halogenated alkanes) is 9. The number of hydrogen-bond donors (Lipinski definition) is 0. The van der Waals surface area contributed by atoms with Gasteiger partial charge in [0.25, 0.3) is 0 Å². The Morgan fingerprint density at radius 3 is 1.93 bits per heavy atom. The van der Waals surface area contributed by atoms with Gasteiger partial charge < -0.3 is 4.90 Å². The van der Waals surface area contributed by atoms with Crippen molar-refractivity contribution in [3.05, 3.63) is 60.2 Å². The molecule has 2 aromatic carbocycles. The molecule has 0 amide bonds. The average Bonchev–Trinajstić information content (AvgIpc) is 2.78. The van der Waals surface area contributed by atoms with Crippen LogP contribution in [0.3, 0.4) is 0 Å². The van der Waals surface area contributed by atoms with Crippen LogP contribution in [0.4, 0.5) is 5.69 Å². The van der Waals surface area contributed by atoms with E-state index in [9.17, 15) is 0 Å². The Labute approximate surface area is 194 Å². The molecule has 2 aromatic rings. The minimum absolute atomic E-state index is 0.807. The molecule has 0 heterocycles. The van der Waals surface area contributed by atoms with E-state index in [2.05, 4.69) is 67.4 Å². The van der Waals surface area contributed by atoms with Crippen LogP contribution in [0.1, 0.15) is 76.7 Å². The molecule has 2 rings (SSSR count). The third-order valence-electron chi connectivity index (χ3n) is 5.56. The van der Waals surface area contributed by atoms with Crippen LogP contribution in [-0.4, -0.2) is 17.8 Å². The third kappa shape index (κ3) is 10.1. The second kappa shape index (κ2) is 15.5. The number of likely N-dealkylation sites (N-methyl/N-ethyl adjacent to an activating group) is 1. The first-order valence-corrected chi connectivity index (χ1v) is 13.1. The number of thioether (sulfide) groups is 1. The maximum Gasteiger partial charge on any atom is 0.0865 e. The van der Waals surface area contributed by atoms with Crippen molar-refractivity contribution in [2.45, 2.75) is 82.4 Å². The molecule has 0 aliphatic carbocycles. The lowest BCUT2D eigenvalue weighted by Crippen LogP contribution is -2.26. The van der Waals surface area contributed by atoms with Gasteiger partial charge >= 0.3 is 0 Å². The van der Waals surface area contributed by atoms with E-state index in [0.717, 1.165) is 11.4 Å². The Bertz CT molecular complexity index is 697. The highest BCUT2D eigenvalue weighted by Gasteiger charge is 2.08. The minimum Gasteiger partial charge on any atom is -0.339 e. The summed E-state index contributed by atoms with van der Waals surface area (Å²) < 4.78 is 0. The van der Waals surface area contributed by atoms with Gasteiger partial charge in [0, 0.05) is 24.1 Å². The highest BCUT2D eigenvalue weighted by atomic mass is 32.2. The number of rotatable bonds is 15. The van der Waals surface area contributed by atoms with Crippen molar-refractivity contribution in [2.75, 3.05) is 17.7 Å². The van der Waals surface area contributed by atoms with Gasteiger partial charge in [-0.05, 0) is 42.0 Å². The maximum absolute atomic E-state index is 5.65. The molecule has 0 atom stereocenters. The lowest BCUT2D eigenvalue weighted by atomic mass is 10.1. The second-order valence-corrected chi connectivity index (χ2v) is 9.78. The predicted molar refractivity (Wildman–Crippen MR) is 140 cm³/mol. The first kappa shape index (κ1) is 24.9. The van der Waals surface area contributed by atoms with Crippen molar-refractivity contribution in [3.8, 4) is 0 Å². The SMILES string of the molecule is CCCCCCCCCCCCSc1ccc(N(C)C(=S)Cc2ccccc2)cc1. The Kier molecular flexibility index (Phi) is 12.9. The fourth-order valence-corrected chi connectivity index (χ4v) is 4.76. The van der Waals surface area contributed by atoms with Gasteiger partial charge in [-0.25, -0.2) is 0 Å². The van der Waals surface area contributed by atoms with Crippen molar-refractivity contribution in [1.29, 1.82) is 0 Å². The van der Waals surface area contributed by atoms with E-state index in [1.807, 2.05) is 17.8 Å². The minimum atomic E-state index is 0.807. The molecule has 30 heavy (non-hydrogen) atoms. The molecule has 0 bridgehead atoms. The first-order chi connectivity index (χ1) is 14.7. The van der Waals surface area contributed by atoms with Crippen LogP contribution in [0.15, 0.2) is 59.5 Å². The van der Waals surface area contributed by atoms with Crippen LogP contribution in [0.25, 0.3) is 0 Å². The van der Waals surface area contributed by atoms with Gasteiger partial charge in [-0.15, -0.1) is 11.8 Å². The van der Waals surface area contributed by atoms with E-state index in [0.29, 0.717) is 0 Å². The summed E-state index contributed by atoms with van der Waals surface area (Å²) in [4.78, 5) is 4.43. The number of nitrogens with zero attached hydrogens (tertiary/aromatic N) is 1. The van der Waals surface area contributed by atoms with Gasteiger partial charge in [0.15, 0.2) is 0 Å². The van der Waals surface area contributed by atoms with E-state index in [1.54, 1.807) is 0 Å². The van der Waals surface area contributed by atoms with Gasteiger partial charge in [0.1, 0.15) is 0 Å². The molecule has 3 heteroatoms. The molecule has 0 aliphatic heterocycles. The lowest BCUT2D eigenvalue weighted by Gasteiger charge is -2.20. The van der Waals surface area contributed by atoms with Crippen LogP contribution in [0.2, 0.25) is 0 Å². The van der Waals surface area contributed by atoms with E-state index in [-0.39, 0.29) is 0 Å². The quantitative estimate of drug-likeness (QED) is 0.154. The molecular weight excluding hydrogens is 402 g/mol. The van der Waals surface area contributed by atoms with Crippen LogP contribution >= 0.6 is 24.0 Å². The molecule has 0 radical (unpaired) electrons. The normalized spacial score (nSPS) is 10.9. The zero-order chi connectivity index (χ0) is 21.4. The summed E-state index contributed by atoms with van der Waals surface area (Å²) in [6.07, 6.45) is 14.8. The molecule has 1 nitrogen and oxygen atoms in total. The van der Waals surface area contributed by atoms with Gasteiger partial charge in [0.2, 0.25) is 0 Å². The summed E-state index contributed by atoms with van der Waals surface area (Å²) >= 11 is 7.63. The topological polar surface area (TPSA) is 3.24 Å². The predicted octanol–water partition coefficient (Wildman–Crippen LogP) is 8.71. The molecule has 0 fully saturated rings. The molecule has 0 aliphatic rings. The summed E-state index contributed by atoms with van der Waals surface area (Å²) in [6, 6.07) is 19.3. The zero-order valence-corrected chi connectivity index (χ0v) is 20.6. The summed E-state index contributed by atoms with van der Waals surface area (Å²) in [5.74, 6) is 1.22. The maximum atomic E-state index is 5.65. The molecule has 164 valence electrons. The lowest BCUT2D eigenvalue weighted by molar-refractivity contribution is 0.563. The highest BCUT2D eigenvalue weighted by molar-refractivity contribution is 7.99. The highest BCUT2D eigenvalue weighted by Crippen LogP contribution is 2.24. The van der Waals surface area contributed by atoms with Crippen LogP contribution < -0.4 is 4.90 Å². The molecule has 0 saturated carbocycles. The van der Waals surface area contributed by atoms with E-state index >= 15 is 0 Å². The molecule has 0 spiro atoms. The van der Waals surface area contributed by atoms with Gasteiger partial charge in [-0.1, -0.05) is 107 Å². The zero-order valence-electron chi connectivity index (χ0n) is 18.9. The van der Waals surface area contributed by atoms with Crippen LogP contribution in [0, 0.1) is 0 Å². The Morgan fingerprint density at radius 1 is 0.767 bits per heavy atom. The number of hydrogen-bond acceptors (Lipinski definition) is 2. The monoisotopic (exact) mass is 441 g/mol. The Morgan fingerprint density at radius 2 is 1.33 bits per heavy atom. The Balaban J connectivity index is 1.58. The van der Waals surface area contributed by atoms with Crippen molar-refractivity contribution < 1.29 is 0 Å². The molecule has 0 N–H and O–H groups in total. The standard InChI is InChI=1S/C27H39NS2/c1-3-4-5-6-7-8-9-10-11-15-22-30-26-20-18-25(19-21-26)28(2)27(29)23-24-16-13-12-14-17-24/h12-14,16-21H,3-11,15,22-23H2,1-2H3. The molecule has 0 saturated heterocycles. The van der Waals surface area contributed by atoms with Gasteiger partial charge in [-0.2, -0.15) is 0 Å². The van der Waals surface area contributed by atoms with E-state index in [4.69, 9.17) is 12.2 Å².